The first-order valence-electron chi connectivity index (χ1n) is 6.75. The fourth-order valence-corrected chi connectivity index (χ4v) is 1.39. The minimum atomic E-state index is -0.598. The number of esters is 1. The Bertz CT molecular complexity index is 243. The summed E-state index contributed by atoms with van der Waals surface area (Å²) >= 11 is 0. The molecule has 0 spiro atoms. The Morgan fingerprint density at radius 2 is 1.72 bits per heavy atom. The number of carbonyl (C=O) groups excluding carboxylic acids is 2. The Balaban J connectivity index is 4.12. The first-order chi connectivity index (χ1) is 8.65. The second-order valence-electron chi connectivity index (χ2n) is 4.08. The van der Waals surface area contributed by atoms with Gasteiger partial charge in [0, 0.05) is 0 Å². The highest BCUT2D eigenvalue weighted by molar-refractivity contribution is 5.81. The van der Waals surface area contributed by atoms with Gasteiger partial charge in [0.1, 0.15) is 6.04 Å². The smallest absolute Gasteiger partial charge is 0.407 e. The number of hydrogen-bond acceptors (Lipinski definition) is 4. The predicted molar refractivity (Wildman–Crippen MR) is 69.3 cm³/mol. The Hall–Kier alpha value is -1.26. The minimum absolute atomic E-state index is 0.314. The highest BCUT2D eigenvalue weighted by Crippen LogP contribution is 2.03. The number of ether oxygens (including phenoxy) is 2. The molecule has 1 N–H and O–H groups in total. The first kappa shape index (κ1) is 16.7. The molecular formula is C13H25NO4. The molecule has 0 radical (unpaired) electrons. The minimum Gasteiger partial charge on any atom is -0.464 e. The van der Waals surface area contributed by atoms with E-state index >= 15 is 0 Å². The van der Waals surface area contributed by atoms with E-state index in [4.69, 9.17) is 9.47 Å². The summed E-state index contributed by atoms with van der Waals surface area (Å²) in [5.74, 6) is -0.390. The van der Waals surface area contributed by atoms with E-state index in [1.807, 2.05) is 13.8 Å². The maximum Gasteiger partial charge on any atom is 0.407 e. The fraction of sp³-hybridized carbons (Fsp3) is 0.846. The predicted octanol–water partition coefficient (Wildman–Crippen LogP) is 2.63. The zero-order valence-corrected chi connectivity index (χ0v) is 11.7. The standard InChI is InChI=1S/C13H25NO4/c1-4-7-9-11(12(15)17-6-3)14-13(16)18-10-8-5-2/h11H,4-10H2,1-3H3,(H,14,16). The molecular weight excluding hydrogens is 234 g/mol. The van der Waals surface area contributed by atoms with Crippen LogP contribution in [0.1, 0.15) is 52.9 Å². The lowest BCUT2D eigenvalue weighted by molar-refractivity contribution is -0.145. The lowest BCUT2D eigenvalue weighted by Crippen LogP contribution is -2.42. The van der Waals surface area contributed by atoms with E-state index in [0.29, 0.717) is 19.6 Å². The van der Waals surface area contributed by atoms with Crippen molar-refractivity contribution in [2.75, 3.05) is 13.2 Å². The molecule has 1 atom stereocenters. The third-order valence-corrected chi connectivity index (χ3v) is 2.44. The van der Waals surface area contributed by atoms with Gasteiger partial charge >= 0.3 is 12.1 Å². The van der Waals surface area contributed by atoms with Crippen LogP contribution in [-0.4, -0.2) is 31.3 Å². The van der Waals surface area contributed by atoms with Crippen molar-refractivity contribution in [2.24, 2.45) is 0 Å². The first-order valence-corrected chi connectivity index (χ1v) is 6.75. The molecule has 0 heterocycles. The molecule has 1 amide bonds. The maximum atomic E-state index is 11.6. The second kappa shape index (κ2) is 10.9. The molecule has 0 fully saturated rings. The second-order valence-corrected chi connectivity index (χ2v) is 4.08. The van der Waals surface area contributed by atoms with Crippen molar-refractivity contribution < 1.29 is 19.1 Å². The molecule has 0 rings (SSSR count). The van der Waals surface area contributed by atoms with Crippen LogP contribution in [0.15, 0.2) is 0 Å². The van der Waals surface area contributed by atoms with E-state index < -0.39 is 18.1 Å². The summed E-state index contributed by atoms with van der Waals surface area (Å²) in [5.41, 5.74) is 0. The molecule has 0 aromatic rings. The monoisotopic (exact) mass is 259 g/mol. The molecule has 0 saturated carbocycles. The summed E-state index contributed by atoms with van der Waals surface area (Å²) in [6, 6.07) is -0.598. The average molecular weight is 259 g/mol. The normalized spacial score (nSPS) is 11.7. The fourth-order valence-electron chi connectivity index (χ4n) is 1.39. The molecule has 1 unspecified atom stereocenters. The highest BCUT2D eigenvalue weighted by atomic mass is 16.6. The largest absolute Gasteiger partial charge is 0.464 e. The number of carbonyl (C=O) groups is 2. The summed E-state index contributed by atoms with van der Waals surface area (Å²) in [6.45, 7) is 6.49. The van der Waals surface area contributed by atoms with Gasteiger partial charge in [0.15, 0.2) is 0 Å². The molecule has 5 nitrogen and oxygen atoms in total. The van der Waals surface area contributed by atoms with Crippen molar-refractivity contribution in [3.8, 4) is 0 Å². The van der Waals surface area contributed by atoms with Crippen LogP contribution in [0.2, 0.25) is 0 Å². The average Bonchev–Trinajstić information content (AvgIpc) is 2.35. The quantitative estimate of drug-likeness (QED) is 0.510. The van der Waals surface area contributed by atoms with Gasteiger partial charge in [0.05, 0.1) is 13.2 Å². The van der Waals surface area contributed by atoms with Gasteiger partial charge in [-0.05, 0) is 19.8 Å². The number of unbranched alkanes of at least 4 members (excludes halogenated alkanes) is 2. The van der Waals surface area contributed by atoms with Crippen LogP contribution in [0.25, 0.3) is 0 Å². The summed E-state index contributed by atoms with van der Waals surface area (Å²) in [6.07, 6.45) is 3.65. The molecule has 0 aromatic carbocycles. The van der Waals surface area contributed by atoms with Crippen molar-refractivity contribution >= 4 is 12.1 Å². The number of alkyl carbamates (subject to hydrolysis) is 1. The summed E-state index contributed by atoms with van der Waals surface area (Å²) in [5, 5.41) is 2.56. The Kier molecular flexibility index (Phi) is 10.1. The van der Waals surface area contributed by atoms with Gasteiger partial charge in [0.2, 0.25) is 0 Å². The maximum absolute atomic E-state index is 11.6. The molecule has 0 aliphatic carbocycles. The number of hydrogen-bond donors (Lipinski definition) is 1. The lowest BCUT2D eigenvalue weighted by Gasteiger charge is -2.16. The topological polar surface area (TPSA) is 64.6 Å². The number of rotatable bonds is 9. The van der Waals surface area contributed by atoms with E-state index in [1.165, 1.54) is 0 Å². The summed E-state index contributed by atoms with van der Waals surface area (Å²) in [7, 11) is 0. The Morgan fingerprint density at radius 3 is 2.28 bits per heavy atom. The Morgan fingerprint density at radius 1 is 1.06 bits per heavy atom. The summed E-state index contributed by atoms with van der Waals surface area (Å²) in [4.78, 5) is 23.1. The third-order valence-electron chi connectivity index (χ3n) is 2.44. The van der Waals surface area contributed by atoms with Crippen LogP contribution in [0.5, 0.6) is 0 Å². The van der Waals surface area contributed by atoms with Crippen LogP contribution >= 0.6 is 0 Å². The number of nitrogens with one attached hydrogen (secondary N) is 1. The van der Waals surface area contributed by atoms with Crippen LogP contribution in [0, 0.1) is 0 Å². The van der Waals surface area contributed by atoms with Crippen molar-refractivity contribution in [1.82, 2.24) is 5.32 Å². The van der Waals surface area contributed by atoms with Gasteiger partial charge in [-0.1, -0.05) is 33.1 Å². The van der Waals surface area contributed by atoms with Gasteiger partial charge in [0.25, 0.3) is 0 Å². The van der Waals surface area contributed by atoms with Crippen LogP contribution < -0.4 is 5.32 Å². The number of amides is 1. The van der Waals surface area contributed by atoms with E-state index in [0.717, 1.165) is 25.7 Å². The zero-order chi connectivity index (χ0) is 13.8. The molecule has 18 heavy (non-hydrogen) atoms. The van der Waals surface area contributed by atoms with E-state index in [9.17, 15) is 9.59 Å². The van der Waals surface area contributed by atoms with Crippen molar-refractivity contribution in [3.63, 3.8) is 0 Å². The lowest BCUT2D eigenvalue weighted by atomic mass is 10.1. The van der Waals surface area contributed by atoms with E-state index in [-0.39, 0.29) is 0 Å². The molecule has 5 heteroatoms. The highest BCUT2D eigenvalue weighted by Gasteiger charge is 2.21. The van der Waals surface area contributed by atoms with Gasteiger partial charge in [-0.25, -0.2) is 9.59 Å². The SMILES string of the molecule is CCCCOC(=O)NC(CCCC)C(=O)OCC. The zero-order valence-electron chi connectivity index (χ0n) is 11.7. The van der Waals surface area contributed by atoms with Crippen molar-refractivity contribution in [3.05, 3.63) is 0 Å². The van der Waals surface area contributed by atoms with E-state index in [2.05, 4.69) is 5.32 Å². The summed E-state index contributed by atoms with van der Waals surface area (Å²) < 4.78 is 9.88. The van der Waals surface area contributed by atoms with Gasteiger partial charge < -0.3 is 14.8 Å². The van der Waals surface area contributed by atoms with Crippen molar-refractivity contribution in [2.45, 2.75) is 58.9 Å². The molecule has 0 bridgehead atoms. The van der Waals surface area contributed by atoms with Crippen molar-refractivity contribution in [1.29, 1.82) is 0 Å². The van der Waals surface area contributed by atoms with E-state index in [1.54, 1.807) is 6.92 Å². The van der Waals surface area contributed by atoms with Crippen LogP contribution in [-0.2, 0) is 14.3 Å². The molecule has 0 aliphatic rings. The molecule has 0 saturated heterocycles. The third kappa shape index (κ3) is 7.92. The van der Waals surface area contributed by atoms with Gasteiger partial charge in [-0.2, -0.15) is 0 Å². The molecule has 0 aliphatic heterocycles. The van der Waals surface area contributed by atoms with Gasteiger partial charge in [-0.15, -0.1) is 0 Å². The molecule has 0 aromatic heterocycles. The van der Waals surface area contributed by atoms with Crippen LogP contribution in [0.3, 0.4) is 0 Å². The molecule has 106 valence electrons. The van der Waals surface area contributed by atoms with Gasteiger partial charge in [-0.3, -0.25) is 0 Å². The van der Waals surface area contributed by atoms with Crippen LogP contribution in [0.4, 0.5) is 4.79 Å². The Labute approximate surface area is 109 Å².